The zero-order valence-corrected chi connectivity index (χ0v) is 15.5. The van der Waals surface area contributed by atoms with Gasteiger partial charge in [0.15, 0.2) is 0 Å². The van der Waals surface area contributed by atoms with Crippen molar-refractivity contribution >= 4 is 16.7 Å². The second-order valence-corrected chi connectivity index (χ2v) is 7.62. The van der Waals surface area contributed by atoms with Crippen molar-refractivity contribution in [3.8, 4) is 17.1 Å². The molecule has 3 aromatic rings. The van der Waals surface area contributed by atoms with Crippen LogP contribution in [0.3, 0.4) is 0 Å². The summed E-state index contributed by atoms with van der Waals surface area (Å²) in [6, 6.07) is 19.2. The summed E-state index contributed by atoms with van der Waals surface area (Å²) in [6.45, 7) is 4.37. The van der Waals surface area contributed by atoms with Crippen LogP contribution in [0.5, 0.6) is 0 Å². The van der Waals surface area contributed by atoms with Gasteiger partial charge in [0.2, 0.25) is 0 Å². The Morgan fingerprint density at radius 2 is 1.56 bits per heavy atom. The zero-order valence-electron chi connectivity index (χ0n) is 14.7. The molecular weight excluding hydrogens is 326 g/mol. The normalized spacial score (nSPS) is 15.2. The largest absolute Gasteiger partial charge is 0.350 e. The van der Waals surface area contributed by atoms with Gasteiger partial charge in [0.05, 0.1) is 5.56 Å². The molecule has 0 amide bonds. The SMILES string of the molecule is Cc1ccc(-c2nc(N3CCCCCC3)s[n+]2-c2ccccc2)cc1. The Morgan fingerprint density at radius 3 is 2.24 bits per heavy atom. The molecule has 0 bridgehead atoms. The summed E-state index contributed by atoms with van der Waals surface area (Å²) in [5, 5.41) is 1.14. The molecule has 1 fully saturated rings. The molecule has 1 aromatic heterocycles. The maximum Gasteiger partial charge on any atom is 0.350 e. The number of hydrogen-bond acceptors (Lipinski definition) is 3. The topological polar surface area (TPSA) is 20.0 Å². The first-order chi connectivity index (χ1) is 12.3. The van der Waals surface area contributed by atoms with Crippen LogP contribution in [-0.4, -0.2) is 18.1 Å². The summed E-state index contributed by atoms with van der Waals surface area (Å²) in [7, 11) is 0. The highest BCUT2D eigenvalue weighted by Crippen LogP contribution is 2.26. The molecule has 0 atom stereocenters. The van der Waals surface area contributed by atoms with Crippen molar-refractivity contribution in [2.24, 2.45) is 0 Å². The van der Waals surface area contributed by atoms with Gasteiger partial charge < -0.3 is 4.90 Å². The first-order valence-corrected chi connectivity index (χ1v) is 9.89. The van der Waals surface area contributed by atoms with Crippen LogP contribution in [0.4, 0.5) is 5.13 Å². The van der Waals surface area contributed by atoms with E-state index in [1.807, 2.05) is 0 Å². The summed E-state index contributed by atoms with van der Waals surface area (Å²) in [5.74, 6) is 1.04. The Hall–Kier alpha value is -2.20. The molecular formula is C21H24N3S+. The van der Waals surface area contributed by atoms with E-state index in [9.17, 15) is 0 Å². The summed E-state index contributed by atoms with van der Waals surface area (Å²) in [6.07, 6.45) is 5.21. The van der Waals surface area contributed by atoms with Gasteiger partial charge in [-0.25, -0.2) is 0 Å². The van der Waals surface area contributed by atoms with E-state index in [-0.39, 0.29) is 0 Å². The molecule has 2 heterocycles. The molecule has 0 unspecified atom stereocenters. The number of nitrogens with zero attached hydrogens (tertiary/aromatic N) is 3. The number of para-hydroxylation sites is 1. The van der Waals surface area contributed by atoms with E-state index >= 15 is 0 Å². The minimum Gasteiger partial charge on any atom is -0.324 e. The fourth-order valence-corrected chi connectivity index (χ4v) is 4.34. The molecule has 25 heavy (non-hydrogen) atoms. The van der Waals surface area contributed by atoms with Gasteiger partial charge in [-0.2, -0.15) is 0 Å². The Morgan fingerprint density at radius 1 is 0.880 bits per heavy atom. The van der Waals surface area contributed by atoms with E-state index in [1.54, 1.807) is 11.5 Å². The number of benzene rings is 2. The van der Waals surface area contributed by atoms with E-state index < -0.39 is 0 Å². The lowest BCUT2D eigenvalue weighted by Crippen LogP contribution is -2.28. The van der Waals surface area contributed by atoms with Crippen LogP contribution in [0.1, 0.15) is 31.2 Å². The van der Waals surface area contributed by atoms with Crippen molar-refractivity contribution in [2.45, 2.75) is 32.6 Å². The Balaban J connectivity index is 1.78. The molecule has 1 aliphatic rings. The number of anilines is 1. The van der Waals surface area contributed by atoms with Crippen molar-refractivity contribution in [1.82, 2.24) is 4.98 Å². The fourth-order valence-electron chi connectivity index (χ4n) is 3.29. The average molecular weight is 351 g/mol. The van der Waals surface area contributed by atoms with Crippen LogP contribution in [0.25, 0.3) is 17.1 Å². The third kappa shape index (κ3) is 3.59. The van der Waals surface area contributed by atoms with E-state index in [0.717, 1.165) is 24.0 Å². The first-order valence-electron chi connectivity index (χ1n) is 9.12. The van der Waals surface area contributed by atoms with Crippen molar-refractivity contribution in [3.05, 3.63) is 60.2 Å². The standard InChI is InChI=1S/C21H24N3S/c1-17-11-13-18(14-12-17)20-22-21(23-15-7-2-3-8-16-23)25-24(20)19-9-5-4-6-10-19/h4-6,9-14H,2-3,7-8,15-16H2,1H3/q+1. The monoisotopic (exact) mass is 350 g/mol. The van der Waals surface area contributed by atoms with E-state index in [0.29, 0.717) is 0 Å². The predicted octanol–water partition coefficient (Wildman–Crippen LogP) is 4.78. The molecule has 128 valence electrons. The van der Waals surface area contributed by atoms with Crippen molar-refractivity contribution in [2.75, 3.05) is 18.0 Å². The highest BCUT2D eigenvalue weighted by atomic mass is 32.1. The molecule has 1 aliphatic heterocycles. The summed E-state index contributed by atoms with van der Waals surface area (Å²) in [4.78, 5) is 7.53. The number of aromatic nitrogens is 2. The molecule has 0 saturated carbocycles. The highest BCUT2D eigenvalue weighted by Gasteiger charge is 2.28. The van der Waals surface area contributed by atoms with Gasteiger partial charge in [0.1, 0.15) is 17.2 Å². The lowest BCUT2D eigenvalue weighted by atomic mass is 10.1. The van der Waals surface area contributed by atoms with Crippen LogP contribution in [0, 0.1) is 6.92 Å². The minimum absolute atomic E-state index is 1.04. The highest BCUT2D eigenvalue weighted by molar-refractivity contribution is 7.06. The maximum atomic E-state index is 5.06. The number of rotatable bonds is 3. The van der Waals surface area contributed by atoms with Gasteiger partial charge in [-0.3, -0.25) is 0 Å². The fraction of sp³-hybridized carbons (Fsp3) is 0.333. The van der Waals surface area contributed by atoms with Crippen molar-refractivity contribution in [1.29, 1.82) is 0 Å². The van der Waals surface area contributed by atoms with Crippen molar-refractivity contribution < 1.29 is 3.96 Å². The van der Waals surface area contributed by atoms with Crippen molar-refractivity contribution in [3.63, 3.8) is 0 Å². The first kappa shape index (κ1) is 16.3. The van der Waals surface area contributed by atoms with E-state index in [4.69, 9.17) is 4.98 Å². The van der Waals surface area contributed by atoms with Crippen LogP contribution in [-0.2, 0) is 0 Å². The molecule has 0 aliphatic carbocycles. The molecule has 0 spiro atoms. The average Bonchev–Trinajstić information content (AvgIpc) is 2.91. The van der Waals surface area contributed by atoms with Crippen LogP contribution >= 0.6 is 11.5 Å². The minimum atomic E-state index is 1.04. The predicted molar refractivity (Wildman–Crippen MR) is 105 cm³/mol. The Kier molecular flexibility index (Phi) is 4.79. The number of aryl methyl sites for hydroxylation is 1. The third-order valence-corrected chi connectivity index (χ3v) is 5.82. The molecule has 2 aromatic carbocycles. The van der Waals surface area contributed by atoms with E-state index in [1.165, 1.54) is 42.5 Å². The van der Waals surface area contributed by atoms with Crippen LogP contribution < -0.4 is 8.86 Å². The molecule has 0 radical (unpaired) electrons. The third-order valence-electron chi connectivity index (χ3n) is 4.74. The quantitative estimate of drug-likeness (QED) is 0.634. The smallest absolute Gasteiger partial charge is 0.324 e. The lowest BCUT2D eigenvalue weighted by Gasteiger charge is -2.14. The molecule has 4 rings (SSSR count). The number of hydrogen-bond donors (Lipinski definition) is 0. The Bertz CT molecular complexity index is 816. The van der Waals surface area contributed by atoms with Crippen LogP contribution in [0.15, 0.2) is 54.6 Å². The van der Waals surface area contributed by atoms with Gasteiger partial charge in [-0.05, 0) is 49.0 Å². The summed E-state index contributed by atoms with van der Waals surface area (Å²) in [5.41, 5.74) is 3.63. The van der Waals surface area contributed by atoms with Gasteiger partial charge in [-0.1, -0.05) is 48.7 Å². The molecule has 0 N–H and O–H groups in total. The van der Waals surface area contributed by atoms with Gasteiger partial charge in [0, 0.05) is 13.1 Å². The summed E-state index contributed by atoms with van der Waals surface area (Å²) < 4.78 is 2.27. The molecule has 3 nitrogen and oxygen atoms in total. The van der Waals surface area contributed by atoms with Crippen LogP contribution in [0.2, 0.25) is 0 Å². The Labute approximate surface area is 153 Å². The summed E-state index contributed by atoms with van der Waals surface area (Å²) >= 11 is 1.76. The van der Waals surface area contributed by atoms with Gasteiger partial charge >= 0.3 is 11.0 Å². The maximum absolute atomic E-state index is 5.06. The van der Waals surface area contributed by atoms with Gasteiger partial charge in [0.25, 0.3) is 0 Å². The lowest BCUT2D eigenvalue weighted by molar-refractivity contribution is -0.509. The molecule has 4 heteroatoms. The second kappa shape index (κ2) is 7.36. The second-order valence-electron chi connectivity index (χ2n) is 6.71. The van der Waals surface area contributed by atoms with Gasteiger partial charge in [-0.15, -0.1) is 3.96 Å². The van der Waals surface area contributed by atoms with E-state index in [2.05, 4.69) is 70.4 Å². The zero-order chi connectivity index (χ0) is 17.1. The molecule has 1 saturated heterocycles.